The fourth-order valence-corrected chi connectivity index (χ4v) is 11.6. The molecule has 0 radical (unpaired) electrons. The van der Waals surface area contributed by atoms with E-state index in [1.54, 1.807) is 28.1 Å². The van der Waals surface area contributed by atoms with Crippen molar-refractivity contribution in [2.45, 2.75) is 142 Å². The van der Waals surface area contributed by atoms with Crippen LogP contribution >= 0.6 is 0 Å². The summed E-state index contributed by atoms with van der Waals surface area (Å²) >= 11 is 0. The number of carbonyl (C=O) groups is 2. The summed E-state index contributed by atoms with van der Waals surface area (Å²) in [4.78, 5) is 32.1. The minimum absolute atomic E-state index is 0.0800. The summed E-state index contributed by atoms with van der Waals surface area (Å²) in [6, 6.07) is 27.4. The molecule has 0 bridgehead atoms. The van der Waals surface area contributed by atoms with Gasteiger partial charge in [0, 0.05) is 77.2 Å². The van der Waals surface area contributed by atoms with Gasteiger partial charge in [0.1, 0.15) is 12.2 Å². The number of esters is 2. The van der Waals surface area contributed by atoms with E-state index in [0.717, 1.165) is 85.2 Å². The molecule has 0 aliphatic carbocycles. The molecule has 0 amide bonds. The number of carbonyl (C=O) groups excluding carboxylic acids is 2. The van der Waals surface area contributed by atoms with Gasteiger partial charge in [0.15, 0.2) is 11.2 Å². The van der Waals surface area contributed by atoms with Crippen LogP contribution in [0.1, 0.15) is 135 Å². The van der Waals surface area contributed by atoms with Gasteiger partial charge < -0.3 is 39.4 Å². The first-order chi connectivity index (χ1) is 33.6. The molecule has 12 nitrogen and oxygen atoms in total. The summed E-state index contributed by atoms with van der Waals surface area (Å²) < 4.78 is 24.1. The quantitative estimate of drug-likeness (QED) is 0.0800. The second kappa shape index (κ2) is 23.4. The first kappa shape index (κ1) is 53.3. The van der Waals surface area contributed by atoms with Crippen LogP contribution in [0.15, 0.2) is 84.9 Å². The summed E-state index contributed by atoms with van der Waals surface area (Å²) in [7, 11) is 3.10. The van der Waals surface area contributed by atoms with Crippen molar-refractivity contribution in [1.29, 1.82) is 0 Å². The van der Waals surface area contributed by atoms with Gasteiger partial charge in [-0.25, -0.2) is 9.59 Å². The molecule has 4 N–H and O–H groups in total. The molecule has 12 heteroatoms. The van der Waals surface area contributed by atoms with E-state index in [1.807, 2.05) is 84.9 Å². The Morgan fingerprint density at radius 3 is 1.23 bits per heavy atom. The van der Waals surface area contributed by atoms with Gasteiger partial charge in [0.2, 0.25) is 0 Å². The summed E-state index contributed by atoms with van der Waals surface area (Å²) in [6.45, 7) is 15.6. The highest BCUT2D eigenvalue weighted by Crippen LogP contribution is 2.45. The SMILES string of the molecule is CO[C@@](C)(C(=O)O[C@@H]1C[C@@H]2c3cc(CO)c(CO)cc3CCN2C[C@@H]1CC(C)C)c1ccccc1.CO[C@@](C)(C(=O)O[C@H]1C[C@H]2c3cc(CO)c(CO)cc3CCN2C[C@H]1CC(C)C)c1ccccc1. The van der Waals surface area contributed by atoms with Gasteiger partial charge >= 0.3 is 11.9 Å². The average molecular weight is 963 g/mol. The molecule has 4 aromatic rings. The lowest BCUT2D eigenvalue weighted by Gasteiger charge is -2.47. The van der Waals surface area contributed by atoms with Crippen LogP contribution in [0.4, 0.5) is 0 Å². The van der Waals surface area contributed by atoms with Crippen molar-refractivity contribution < 1.29 is 49.0 Å². The third kappa shape index (κ3) is 11.4. The maximum absolute atomic E-state index is 13.6. The molecule has 0 spiro atoms. The van der Waals surface area contributed by atoms with E-state index in [2.05, 4.69) is 37.5 Å². The zero-order valence-electron chi connectivity index (χ0n) is 42.7. The van der Waals surface area contributed by atoms with Gasteiger partial charge in [0.05, 0.1) is 26.4 Å². The maximum Gasteiger partial charge on any atom is 0.343 e. The van der Waals surface area contributed by atoms with Gasteiger partial charge in [0.25, 0.3) is 0 Å². The molecule has 0 saturated carbocycles. The normalized spacial score (nSPS) is 23.9. The Hall–Kier alpha value is -4.50. The van der Waals surface area contributed by atoms with Crippen molar-refractivity contribution in [1.82, 2.24) is 9.80 Å². The Labute approximate surface area is 415 Å². The third-order valence-electron chi connectivity index (χ3n) is 15.8. The summed E-state index contributed by atoms with van der Waals surface area (Å²) in [5.74, 6) is 0.740. The molecule has 2 fully saturated rings. The molecular formula is C58H78N2O10. The lowest BCUT2D eigenvalue weighted by molar-refractivity contribution is -0.182. The van der Waals surface area contributed by atoms with Gasteiger partial charge in [-0.15, -0.1) is 0 Å². The van der Waals surface area contributed by atoms with Crippen LogP contribution in [0.5, 0.6) is 0 Å². The topological polar surface area (TPSA) is 158 Å². The highest BCUT2D eigenvalue weighted by Gasteiger charge is 2.47. The fourth-order valence-electron chi connectivity index (χ4n) is 11.6. The van der Waals surface area contributed by atoms with Gasteiger partial charge in [-0.1, -0.05) is 113 Å². The Morgan fingerprint density at radius 2 is 0.914 bits per heavy atom. The lowest BCUT2D eigenvalue weighted by Crippen LogP contribution is -2.51. The highest BCUT2D eigenvalue weighted by atomic mass is 16.6. The Balaban J connectivity index is 0.000000206. The number of methoxy groups -OCH3 is 2. The second-order valence-electron chi connectivity index (χ2n) is 21.1. The molecule has 4 heterocycles. The number of fused-ring (bicyclic) bond motifs is 6. The highest BCUT2D eigenvalue weighted by molar-refractivity contribution is 5.81. The minimum atomic E-state index is -1.18. The maximum atomic E-state index is 13.6. The molecule has 0 unspecified atom stereocenters. The van der Waals surface area contributed by atoms with Crippen LogP contribution in [0.25, 0.3) is 0 Å². The van der Waals surface area contributed by atoms with Crippen LogP contribution < -0.4 is 0 Å². The van der Waals surface area contributed by atoms with Crippen LogP contribution in [0.3, 0.4) is 0 Å². The number of aliphatic hydroxyl groups excluding tert-OH is 4. The first-order valence-corrected chi connectivity index (χ1v) is 25.4. The molecule has 70 heavy (non-hydrogen) atoms. The van der Waals surface area contributed by atoms with Crippen molar-refractivity contribution in [2.75, 3.05) is 40.4 Å². The van der Waals surface area contributed by atoms with Crippen molar-refractivity contribution in [3.8, 4) is 0 Å². The number of aliphatic hydroxyl groups is 4. The van der Waals surface area contributed by atoms with E-state index in [-0.39, 0.29) is 74.5 Å². The van der Waals surface area contributed by atoms with Crippen molar-refractivity contribution >= 4 is 11.9 Å². The summed E-state index contributed by atoms with van der Waals surface area (Å²) in [5, 5.41) is 39.2. The smallest absolute Gasteiger partial charge is 0.343 e. The van der Waals surface area contributed by atoms with Gasteiger partial charge in [-0.3, -0.25) is 9.80 Å². The fraction of sp³-hybridized carbons (Fsp3) is 0.552. The number of nitrogens with zero attached hydrogens (tertiary/aromatic N) is 2. The average Bonchev–Trinajstić information content (AvgIpc) is 3.37. The number of hydrogen-bond acceptors (Lipinski definition) is 12. The predicted octanol–water partition coefficient (Wildman–Crippen LogP) is 8.22. The lowest BCUT2D eigenvalue weighted by atomic mass is 9.78. The molecule has 4 aliphatic heterocycles. The van der Waals surface area contributed by atoms with Crippen LogP contribution in [0, 0.1) is 23.7 Å². The minimum Gasteiger partial charge on any atom is -0.460 e. The molecule has 2 saturated heterocycles. The molecule has 0 aromatic heterocycles. The second-order valence-corrected chi connectivity index (χ2v) is 21.1. The summed E-state index contributed by atoms with van der Waals surface area (Å²) in [6.07, 6.45) is 4.74. The number of hydrogen-bond donors (Lipinski definition) is 4. The zero-order chi connectivity index (χ0) is 50.3. The van der Waals surface area contributed by atoms with Crippen LogP contribution in [-0.4, -0.2) is 94.8 Å². The van der Waals surface area contributed by atoms with E-state index >= 15 is 0 Å². The molecular weight excluding hydrogens is 885 g/mol. The Morgan fingerprint density at radius 1 is 0.571 bits per heavy atom. The number of rotatable bonds is 16. The third-order valence-corrected chi connectivity index (χ3v) is 15.8. The monoisotopic (exact) mass is 963 g/mol. The molecule has 4 aliphatic rings. The first-order valence-electron chi connectivity index (χ1n) is 25.4. The predicted molar refractivity (Wildman–Crippen MR) is 269 cm³/mol. The van der Waals surface area contributed by atoms with E-state index in [0.29, 0.717) is 24.7 Å². The van der Waals surface area contributed by atoms with E-state index in [9.17, 15) is 30.0 Å². The van der Waals surface area contributed by atoms with E-state index < -0.39 is 11.2 Å². The van der Waals surface area contributed by atoms with Crippen LogP contribution in [0.2, 0.25) is 0 Å². The zero-order valence-corrected chi connectivity index (χ0v) is 42.7. The largest absolute Gasteiger partial charge is 0.460 e. The number of piperidine rings is 2. The number of benzene rings is 4. The van der Waals surface area contributed by atoms with E-state index in [4.69, 9.17) is 18.9 Å². The number of ether oxygens (including phenoxy) is 4. The van der Waals surface area contributed by atoms with Gasteiger partial charge in [-0.05, 0) is 107 Å². The molecule has 8 atom stereocenters. The Bertz CT molecular complexity index is 2210. The van der Waals surface area contributed by atoms with Crippen molar-refractivity contribution in [2.24, 2.45) is 23.7 Å². The Kier molecular flexibility index (Phi) is 17.8. The molecule has 8 rings (SSSR count). The molecule has 380 valence electrons. The summed E-state index contributed by atoms with van der Waals surface area (Å²) in [5.41, 5.74) is 7.09. The standard InChI is InChI=1S/2C29H39NO5/c2*1-19(2)12-21-16-30-11-10-20-13-22(17-31)23(18-32)14-25(20)26(30)15-27(21)35-28(33)29(3,34-4)24-8-6-5-7-9-24/h2*5-9,13-14,19,21,26-27,31-32H,10-12,15-18H2,1-4H3/t21-,26+,27+,29+;21-,26+,27+,29-/m01/s1. The van der Waals surface area contributed by atoms with Gasteiger partial charge in [-0.2, -0.15) is 0 Å². The van der Waals surface area contributed by atoms with Crippen LogP contribution in [-0.2, 0) is 79.0 Å². The van der Waals surface area contributed by atoms with Crippen molar-refractivity contribution in [3.63, 3.8) is 0 Å². The van der Waals surface area contributed by atoms with Crippen molar-refractivity contribution in [3.05, 3.63) is 141 Å². The molecule has 4 aromatic carbocycles. The van der Waals surface area contributed by atoms with E-state index in [1.165, 1.54) is 22.3 Å².